The van der Waals surface area contributed by atoms with Crippen LogP contribution in [0.15, 0.2) is 53.5 Å². The first kappa shape index (κ1) is 20.9. The molecule has 0 aromatic heterocycles. The number of amidine groups is 1. The van der Waals surface area contributed by atoms with E-state index in [1.54, 1.807) is 0 Å². The Bertz CT molecular complexity index is 1070. The van der Waals surface area contributed by atoms with Crippen molar-refractivity contribution in [3.05, 3.63) is 59.9 Å². The summed E-state index contributed by atoms with van der Waals surface area (Å²) in [5, 5.41) is 3.31. The van der Waals surface area contributed by atoms with Crippen LogP contribution in [0.5, 0.6) is 0 Å². The maximum atomic E-state index is 13.1. The zero-order valence-electron chi connectivity index (χ0n) is 16.4. The Labute approximate surface area is 179 Å². The molecule has 30 heavy (non-hydrogen) atoms. The van der Waals surface area contributed by atoms with Gasteiger partial charge < -0.3 is 10.2 Å². The number of fused-ring (bicyclic) bond motifs is 1. The smallest absolute Gasteiger partial charge is 0.244 e. The number of aryl methyl sites for hydroxylation is 1. The number of anilines is 2. The van der Waals surface area contributed by atoms with Crippen molar-refractivity contribution in [2.75, 3.05) is 28.3 Å². The van der Waals surface area contributed by atoms with Gasteiger partial charge in [0.1, 0.15) is 12.4 Å². The van der Waals surface area contributed by atoms with Crippen molar-refractivity contribution in [2.45, 2.75) is 24.6 Å². The molecule has 0 unspecified atom stereocenters. The normalized spacial score (nSPS) is 21.7. The molecular weight excluding hydrogens is 425 g/mol. The van der Waals surface area contributed by atoms with E-state index in [0.29, 0.717) is 10.9 Å². The Morgan fingerprint density at radius 3 is 2.50 bits per heavy atom. The lowest BCUT2D eigenvalue weighted by molar-refractivity contribution is -0.114. The second kappa shape index (κ2) is 8.39. The molecule has 9 heteroatoms. The van der Waals surface area contributed by atoms with E-state index < -0.39 is 9.84 Å². The fourth-order valence-electron chi connectivity index (χ4n) is 3.53. The van der Waals surface area contributed by atoms with Crippen LogP contribution in [0.4, 0.5) is 15.8 Å². The molecule has 0 aliphatic carbocycles. The Balaban J connectivity index is 1.56. The van der Waals surface area contributed by atoms with Gasteiger partial charge in [-0.1, -0.05) is 30.8 Å². The molecule has 158 valence electrons. The zero-order chi connectivity index (χ0) is 21.3. The average molecular weight is 448 g/mol. The summed E-state index contributed by atoms with van der Waals surface area (Å²) in [6.07, 6.45) is 0.906. The van der Waals surface area contributed by atoms with Crippen molar-refractivity contribution >= 4 is 44.0 Å². The van der Waals surface area contributed by atoms with Crippen molar-refractivity contribution in [3.63, 3.8) is 0 Å². The molecule has 0 spiro atoms. The van der Waals surface area contributed by atoms with E-state index in [2.05, 4.69) is 17.2 Å². The summed E-state index contributed by atoms with van der Waals surface area (Å²) >= 11 is 1.41. The predicted octanol–water partition coefficient (Wildman–Crippen LogP) is 3.10. The van der Waals surface area contributed by atoms with Crippen LogP contribution < -0.4 is 10.2 Å². The summed E-state index contributed by atoms with van der Waals surface area (Å²) in [5.74, 6) is -0.476. The molecule has 0 radical (unpaired) electrons. The highest BCUT2D eigenvalue weighted by atomic mass is 32.2. The number of nitrogens with one attached hydrogen (secondary N) is 1. The number of rotatable bonds is 5. The number of amides is 1. The van der Waals surface area contributed by atoms with Gasteiger partial charge in [0.2, 0.25) is 5.91 Å². The van der Waals surface area contributed by atoms with Gasteiger partial charge in [-0.15, -0.1) is 0 Å². The molecule has 0 saturated carbocycles. The van der Waals surface area contributed by atoms with Crippen molar-refractivity contribution in [1.82, 2.24) is 0 Å². The first-order valence-electron chi connectivity index (χ1n) is 9.70. The van der Waals surface area contributed by atoms with E-state index in [0.717, 1.165) is 12.1 Å². The van der Waals surface area contributed by atoms with Crippen molar-refractivity contribution in [2.24, 2.45) is 4.99 Å². The molecule has 2 atom stereocenters. The lowest BCUT2D eigenvalue weighted by Gasteiger charge is -2.24. The maximum Gasteiger partial charge on any atom is 0.244 e. The number of carbonyl (C=O) groups excluding carboxylic acids is 1. The third kappa shape index (κ3) is 4.67. The Kier molecular flexibility index (Phi) is 5.84. The zero-order valence-corrected chi connectivity index (χ0v) is 18.0. The number of aliphatic imine (C=N–C) groups is 1. The molecule has 2 aromatic rings. The summed E-state index contributed by atoms with van der Waals surface area (Å²) in [5.41, 5.74) is 2.50. The minimum Gasteiger partial charge on any atom is -0.325 e. The van der Waals surface area contributed by atoms with E-state index in [1.165, 1.54) is 41.6 Å². The van der Waals surface area contributed by atoms with Gasteiger partial charge in [-0.3, -0.25) is 9.79 Å². The summed E-state index contributed by atoms with van der Waals surface area (Å²) in [6, 6.07) is 13.2. The van der Waals surface area contributed by atoms with Crippen LogP contribution in [0.3, 0.4) is 0 Å². The minimum atomic E-state index is -3.05. The van der Waals surface area contributed by atoms with Gasteiger partial charge >= 0.3 is 0 Å². The number of sulfone groups is 1. The van der Waals surface area contributed by atoms with Crippen molar-refractivity contribution in [3.8, 4) is 0 Å². The summed E-state index contributed by atoms with van der Waals surface area (Å²) < 4.78 is 36.9. The first-order chi connectivity index (χ1) is 14.3. The molecule has 2 heterocycles. The standard InChI is InChI=1S/C21H22FN3O3S2/c1-2-14-3-9-17(10-4-14)25(11-20(26)23-16-7-5-15(22)6-8-16)21-24-18-12-30(27,28)13-19(18)29-21/h3-10,18-19H,2,11-13H2,1H3,(H,23,26)/t18-,19-/m0/s1. The topological polar surface area (TPSA) is 78.8 Å². The number of carbonyl (C=O) groups is 1. The monoisotopic (exact) mass is 447 g/mol. The number of nitrogens with zero attached hydrogens (tertiary/aromatic N) is 2. The molecule has 1 N–H and O–H groups in total. The van der Waals surface area contributed by atoms with Crippen molar-refractivity contribution in [1.29, 1.82) is 0 Å². The van der Waals surface area contributed by atoms with Gasteiger partial charge in [0, 0.05) is 16.6 Å². The number of hydrogen-bond acceptors (Lipinski definition) is 6. The highest BCUT2D eigenvalue weighted by Gasteiger charge is 2.44. The Morgan fingerprint density at radius 1 is 1.17 bits per heavy atom. The molecule has 1 saturated heterocycles. The second-order valence-corrected chi connectivity index (χ2v) is 10.7. The van der Waals surface area contributed by atoms with E-state index >= 15 is 0 Å². The lowest BCUT2D eigenvalue weighted by atomic mass is 10.1. The van der Waals surface area contributed by atoms with Crippen LogP contribution in [0.25, 0.3) is 0 Å². The largest absolute Gasteiger partial charge is 0.325 e. The minimum absolute atomic E-state index is 0.0148. The summed E-state index contributed by atoms with van der Waals surface area (Å²) in [4.78, 5) is 19.2. The Hall–Kier alpha value is -2.39. The summed E-state index contributed by atoms with van der Waals surface area (Å²) in [6.45, 7) is 2.09. The predicted molar refractivity (Wildman–Crippen MR) is 119 cm³/mol. The van der Waals surface area contributed by atoms with Gasteiger partial charge in [-0.2, -0.15) is 0 Å². The third-order valence-electron chi connectivity index (χ3n) is 5.12. The van der Waals surface area contributed by atoms with Gasteiger partial charge in [-0.05, 0) is 48.4 Å². The highest BCUT2D eigenvalue weighted by Crippen LogP contribution is 2.36. The van der Waals surface area contributed by atoms with Gasteiger partial charge in [0.25, 0.3) is 0 Å². The van der Waals surface area contributed by atoms with Crippen LogP contribution in [-0.2, 0) is 21.1 Å². The molecule has 0 bridgehead atoms. The van der Waals surface area contributed by atoms with Crippen molar-refractivity contribution < 1.29 is 17.6 Å². The van der Waals surface area contributed by atoms with Crippen LogP contribution in [0, 0.1) is 5.82 Å². The number of hydrogen-bond donors (Lipinski definition) is 1. The fraction of sp³-hybridized carbons (Fsp3) is 0.333. The quantitative estimate of drug-likeness (QED) is 0.762. The SMILES string of the molecule is CCc1ccc(N(CC(=O)Nc2ccc(F)cc2)C2=N[C@H]3CS(=O)(=O)C[C@@H]3S2)cc1. The van der Waals surface area contributed by atoms with Crippen LogP contribution in [-0.4, -0.2) is 48.8 Å². The third-order valence-corrected chi connectivity index (χ3v) is 8.37. The average Bonchev–Trinajstić information content (AvgIpc) is 3.21. The summed E-state index contributed by atoms with van der Waals surface area (Å²) in [7, 11) is -3.05. The van der Waals surface area contributed by atoms with E-state index in [1.807, 2.05) is 29.2 Å². The molecule has 2 aromatic carbocycles. The highest BCUT2D eigenvalue weighted by molar-refractivity contribution is 8.15. The molecule has 1 fully saturated rings. The molecule has 6 nitrogen and oxygen atoms in total. The first-order valence-corrected chi connectivity index (χ1v) is 12.4. The fourth-order valence-corrected chi connectivity index (χ4v) is 7.31. The molecule has 2 aliphatic rings. The van der Waals surface area contributed by atoms with Crippen LogP contribution in [0.1, 0.15) is 12.5 Å². The van der Waals surface area contributed by atoms with E-state index in [-0.39, 0.29) is 41.1 Å². The molecule has 2 aliphatic heterocycles. The number of benzene rings is 2. The molecule has 4 rings (SSSR count). The number of halogens is 1. The number of thioether (sulfide) groups is 1. The van der Waals surface area contributed by atoms with Crippen LogP contribution in [0.2, 0.25) is 0 Å². The van der Waals surface area contributed by atoms with Gasteiger partial charge in [0.15, 0.2) is 15.0 Å². The van der Waals surface area contributed by atoms with Gasteiger partial charge in [0.05, 0.1) is 17.5 Å². The second-order valence-electron chi connectivity index (χ2n) is 7.37. The van der Waals surface area contributed by atoms with E-state index in [9.17, 15) is 17.6 Å². The molecular formula is C21H22FN3O3S2. The van der Waals surface area contributed by atoms with Gasteiger partial charge in [-0.25, -0.2) is 12.8 Å². The van der Waals surface area contributed by atoms with Crippen LogP contribution >= 0.6 is 11.8 Å². The Morgan fingerprint density at radius 2 is 1.87 bits per heavy atom. The lowest BCUT2D eigenvalue weighted by Crippen LogP contribution is -2.36. The molecule has 1 amide bonds. The maximum absolute atomic E-state index is 13.1. The van der Waals surface area contributed by atoms with E-state index in [4.69, 9.17) is 0 Å².